The molecule has 5 nitrogen and oxygen atoms in total. The molecule has 2 N–H and O–H groups in total. The van der Waals surface area contributed by atoms with Crippen molar-refractivity contribution in [3.63, 3.8) is 0 Å². The van der Waals surface area contributed by atoms with Gasteiger partial charge < -0.3 is 9.72 Å². The zero-order valence-electron chi connectivity index (χ0n) is 11.6. The minimum absolute atomic E-state index is 0.121. The van der Waals surface area contributed by atoms with Crippen molar-refractivity contribution in [1.29, 1.82) is 0 Å². The highest BCUT2D eigenvalue weighted by Gasteiger charge is 2.16. The molecule has 1 fully saturated rings. The van der Waals surface area contributed by atoms with Crippen LogP contribution in [-0.2, 0) is 11.3 Å². The zero-order chi connectivity index (χ0) is 14.7. The van der Waals surface area contributed by atoms with E-state index in [4.69, 9.17) is 17.0 Å². The van der Waals surface area contributed by atoms with Crippen LogP contribution in [0, 0.1) is 4.77 Å². The van der Waals surface area contributed by atoms with E-state index in [1.54, 1.807) is 0 Å². The third kappa shape index (κ3) is 3.29. The van der Waals surface area contributed by atoms with Crippen LogP contribution >= 0.6 is 12.2 Å². The predicted octanol–water partition coefficient (Wildman–Crippen LogP) is 1.93. The monoisotopic (exact) mass is 303 g/mol. The first-order valence-corrected chi connectivity index (χ1v) is 7.36. The van der Waals surface area contributed by atoms with E-state index in [-0.39, 0.29) is 5.56 Å². The van der Waals surface area contributed by atoms with Gasteiger partial charge in [-0.15, -0.1) is 0 Å². The molecule has 0 bridgehead atoms. The minimum atomic E-state index is -0.121. The Hall–Kier alpha value is -1.76. The van der Waals surface area contributed by atoms with Gasteiger partial charge in [0.2, 0.25) is 0 Å². The Labute approximate surface area is 127 Å². The lowest BCUT2D eigenvalue weighted by molar-refractivity contribution is 0.0340. The first-order valence-electron chi connectivity index (χ1n) is 6.95. The predicted molar refractivity (Wildman–Crippen MR) is 83.8 cm³/mol. The van der Waals surface area contributed by atoms with E-state index in [1.807, 2.05) is 30.3 Å². The number of aromatic nitrogens is 2. The zero-order valence-corrected chi connectivity index (χ0v) is 12.4. The molecule has 110 valence electrons. The standard InChI is InChI=1S/C15H17N3O2S/c19-14-12(10-18-6-8-20-9-7-18)13(16-15(21)17-14)11-4-2-1-3-5-11/h1-5H,6-10H2,(H2,16,17,19,21). The lowest BCUT2D eigenvalue weighted by Crippen LogP contribution is -2.37. The van der Waals surface area contributed by atoms with Crippen molar-refractivity contribution in [2.75, 3.05) is 26.3 Å². The molecule has 3 rings (SSSR count). The largest absolute Gasteiger partial charge is 0.379 e. The Morgan fingerprint density at radius 3 is 2.57 bits per heavy atom. The number of nitrogens with zero attached hydrogens (tertiary/aromatic N) is 1. The molecule has 1 aliphatic rings. The summed E-state index contributed by atoms with van der Waals surface area (Å²) in [7, 11) is 0. The van der Waals surface area contributed by atoms with Crippen molar-refractivity contribution in [2.24, 2.45) is 0 Å². The number of morpholine rings is 1. The highest BCUT2D eigenvalue weighted by molar-refractivity contribution is 7.71. The maximum atomic E-state index is 12.3. The van der Waals surface area contributed by atoms with Gasteiger partial charge in [0.05, 0.1) is 24.5 Å². The van der Waals surface area contributed by atoms with Crippen molar-refractivity contribution in [1.82, 2.24) is 14.9 Å². The minimum Gasteiger partial charge on any atom is -0.379 e. The summed E-state index contributed by atoms with van der Waals surface area (Å²) < 4.78 is 5.70. The molecule has 0 radical (unpaired) electrons. The molecular weight excluding hydrogens is 286 g/mol. The van der Waals surface area contributed by atoms with Crippen LogP contribution < -0.4 is 5.56 Å². The molecule has 21 heavy (non-hydrogen) atoms. The third-order valence-corrected chi connectivity index (χ3v) is 3.79. The molecule has 6 heteroatoms. The van der Waals surface area contributed by atoms with Crippen molar-refractivity contribution in [2.45, 2.75) is 6.54 Å². The third-order valence-electron chi connectivity index (χ3n) is 3.59. The van der Waals surface area contributed by atoms with E-state index in [0.29, 0.717) is 24.5 Å². The van der Waals surface area contributed by atoms with Gasteiger partial charge in [-0.2, -0.15) is 0 Å². The number of rotatable bonds is 3. The Morgan fingerprint density at radius 2 is 1.86 bits per heavy atom. The Bertz CT molecular complexity index is 718. The molecule has 2 heterocycles. The SMILES string of the molecule is O=c1[nH]c(=S)[nH]c(-c2ccccc2)c1CN1CCOCC1. The van der Waals surface area contributed by atoms with Gasteiger partial charge >= 0.3 is 0 Å². The van der Waals surface area contributed by atoms with E-state index in [1.165, 1.54) is 0 Å². The molecule has 0 amide bonds. The topological polar surface area (TPSA) is 61.1 Å². The van der Waals surface area contributed by atoms with Crippen molar-refractivity contribution in [3.05, 3.63) is 51.0 Å². The number of H-pyrrole nitrogens is 2. The molecule has 1 aliphatic heterocycles. The normalized spacial score (nSPS) is 16.0. The van der Waals surface area contributed by atoms with Crippen LogP contribution in [0.5, 0.6) is 0 Å². The lowest BCUT2D eigenvalue weighted by Gasteiger charge is -2.26. The fourth-order valence-electron chi connectivity index (χ4n) is 2.50. The summed E-state index contributed by atoms with van der Waals surface area (Å²) in [5.74, 6) is 0. The Kier molecular flexibility index (Phi) is 4.28. The van der Waals surface area contributed by atoms with E-state index >= 15 is 0 Å². The molecule has 2 aromatic rings. The van der Waals surface area contributed by atoms with Gasteiger partial charge in [-0.05, 0) is 17.8 Å². The second kappa shape index (κ2) is 6.34. The van der Waals surface area contributed by atoms with E-state index in [9.17, 15) is 4.79 Å². The van der Waals surface area contributed by atoms with Gasteiger partial charge in [0, 0.05) is 19.6 Å². The lowest BCUT2D eigenvalue weighted by atomic mass is 10.1. The van der Waals surface area contributed by atoms with Crippen molar-refractivity contribution < 1.29 is 4.74 Å². The highest BCUT2D eigenvalue weighted by Crippen LogP contribution is 2.20. The Morgan fingerprint density at radius 1 is 1.14 bits per heavy atom. The number of hydrogen-bond acceptors (Lipinski definition) is 4. The summed E-state index contributed by atoms with van der Waals surface area (Å²) in [6, 6.07) is 9.80. The molecule has 0 unspecified atom stereocenters. The molecular formula is C15H17N3O2S. The van der Waals surface area contributed by atoms with Gasteiger partial charge in [0.15, 0.2) is 4.77 Å². The summed E-state index contributed by atoms with van der Waals surface area (Å²) in [4.78, 5) is 20.3. The van der Waals surface area contributed by atoms with Gasteiger partial charge in [0.25, 0.3) is 5.56 Å². The molecule has 0 atom stereocenters. The van der Waals surface area contributed by atoms with E-state index < -0.39 is 0 Å². The molecule has 1 saturated heterocycles. The second-order valence-electron chi connectivity index (χ2n) is 5.02. The van der Waals surface area contributed by atoms with E-state index in [0.717, 1.165) is 29.9 Å². The maximum Gasteiger partial charge on any atom is 0.256 e. The molecule has 1 aromatic carbocycles. The fraction of sp³-hybridized carbons (Fsp3) is 0.333. The van der Waals surface area contributed by atoms with Gasteiger partial charge in [-0.1, -0.05) is 30.3 Å². The highest BCUT2D eigenvalue weighted by atomic mass is 32.1. The average molecular weight is 303 g/mol. The summed E-state index contributed by atoms with van der Waals surface area (Å²) in [5.41, 5.74) is 2.37. The van der Waals surface area contributed by atoms with Gasteiger partial charge in [-0.3, -0.25) is 14.7 Å². The number of nitrogens with one attached hydrogen (secondary N) is 2. The maximum absolute atomic E-state index is 12.3. The number of benzene rings is 1. The van der Waals surface area contributed by atoms with E-state index in [2.05, 4.69) is 14.9 Å². The first-order chi connectivity index (χ1) is 10.2. The van der Waals surface area contributed by atoms with Crippen molar-refractivity contribution >= 4 is 12.2 Å². The van der Waals surface area contributed by atoms with Gasteiger partial charge in [-0.25, -0.2) is 0 Å². The van der Waals surface area contributed by atoms with Crippen LogP contribution in [0.3, 0.4) is 0 Å². The summed E-state index contributed by atoms with van der Waals surface area (Å²) in [5, 5.41) is 0. The molecule has 0 aliphatic carbocycles. The quantitative estimate of drug-likeness (QED) is 0.851. The number of hydrogen-bond donors (Lipinski definition) is 2. The summed E-state index contributed by atoms with van der Waals surface area (Å²) >= 11 is 5.11. The molecule has 1 aromatic heterocycles. The summed E-state index contributed by atoms with van der Waals surface area (Å²) in [6.45, 7) is 3.68. The Balaban J connectivity index is 2.02. The number of aromatic amines is 2. The smallest absolute Gasteiger partial charge is 0.256 e. The molecule has 0 spiro atoms. The van der Waals surface area contributed by atoms with Crippen molar-refractivity contribution in [3.8, 4) is 11.3 Å². The average Bonchev–Trinajstić information content (AvgIpc) is 2.51. The summed E-state index contributed by atoms with van der Waals surface area (Å²) in [6.07, 6.45) is 0. The number of ether oxygens (including phenoxy) is 1. The van der Waals surface area contributed by atoms with Crippen LogP contribution in [0.15, 0.2) is 35.1 Å². The molecule has 0 saturated carbocycles. The second-order valence-corrected chi connectivity index (χ2v) is 5.42. The van der Waals surface area contributed by atoms with Crippen LogP contribution in [-0.4, -0.2) is 41.2 Å². The van der Waals surface area contributed by atoms with Crippen LogP contribution in [0.4, 0.5) is 0 Å². The fourth-order valence-corrected chi connectivity index (χ4v) is 2.69. The van der Waals surface area contributed by atoms with Crippen LogP contribution in [0.1, 0.15) is 5.56 Å². The van der Waals surface area contributed by atoms with Crippen LogP contribution in [0.25, 0.3) is 11.3 Å². The van der Waals surface area contributed by atoms with Crippen LogP contribution in [0.2, 0.25) is 0 Å². The first kappa shape index (κ1) is 14.2. The van der Waals surface area contributed by atoms with Gasteiger partial charge in [0.1, 0.15) is 0 Å².